The molecule has 3 heteroatoms. The molecule has 10 heavy (non-hydrogen) atoms. The average Bonchev–Trinajstić information content (AvgIpc) is 1.82. The number of hydrogen-bond acceptors (Lipinski definition) is 2. The van der Waals surface area contributed by atoms with Crippen LogP contribution in [0.5, 0.6) is 0 Å². The van der Waals surface area contributed by atoms with Crippen LogP contribution in [0.25, 0.3) is 0 Å². The molecular formula is C7H9BrO2. The number of hydrogen-bond donors (Lipinski definition) is 0. The third kappa shape index (κ3) is 1.40. The largest absolute Gasteiger partial charge is 0.465 e. The Labute approximate surface area is 68.4 Å². The molecule has 0 heterocycles. The molecule has 1 saturated carbocycles. The van der Waals surface area contributed by atoms with Crippen LogP contribution in [-0.4, -0.2) is 13.1 Å². The van der Waals surface area contributed by atoms with Gasteiger partial charge in [-0.1, -0.05) is 0 Å². The van der Waals surface area contributed by atoms with Crippen LogP contribution in [0, 0.1) is 0 Å². The first-order valence-electron chi connectivity index (χ1n) is 3.21. The monoisotopic (exact) mass is 204 g/mol. The highest BCUT2D eigenvalue weighted by atomic mass is 79.9. The lowest BCUT2D eigenvalue weighted by atomic mass is 9.92. The van der Waals surface area contributed by atoms with Crippen LogP contribution >= 0.6 is 15.9 Å². The van der Waals surface area contributed by atoms with Crippen LogP contribution in [0.15, 0.2) is 10.1 Å². The molecule has 0 N–H and O–H groups in total. The van der Waals surface area contributed by atoms with E-state index in [0.29, 0.717) is 4.48 Å². The van der Waals surface area contributed by atoms with Crippen LogP contribution in [0.1, 0.15) is 19.3 Å². The Morgan fingerprint density at radius 3 is 2.50 bits per heavy atom. The molecular weight excluding hydrogens is 196 g/mol. The Kier molecular flexibility index (Phi) is 2.49. The highest BCUT2D eigenvalue weighted by Crippen LogP contribution is 2.31. The maximum atomic E-state index is 10.8. The minimum atomic E-state index is -0.255. The van der Waals surface area contributed by atoms with Gasteiger partial charge in [0.25, 0.3) is 0 Å². The number of allylic oxidation sites excluding steroid dienone is 1. The predicted octanol–water partition coefficient (Wildman–Crippen LogP) is 1.99. The van der Waals surface area contributed by atoms with Crippen molar-refractivity contribution in [3.63, 3.8) is 0 Å². The van der Waals surface area contributed by atoms with Crippen LogP contribution in [-0.2, 0) is 9.53 Å². The number of carbonyl (C=O) groups excluding carboxylic acids is 1. The van der Waals surface area contributed by atoms with E-state index in [-0.39, 0.29) is 5.97 Å². The molecule has 0 spiro atoms. The molecule has 0 atom stereocenters. The number of ether oxygens (including phenoxy) is 1. The fourth-order valence-corrected chi connectivity index (χ4v) is 1.37. The van der Waals surface area contributed by atoms with Crippen molar-refractivity contribution in [2.75, 3.05) is 7.11 Å². The van der Waals surface area contributed by atoms with Gasteiger partial charge in [0.05, 0.1) is 7.11 Å². The van der Waals surface area contributed by atoms with Gasteiger partial charge in [-0.3, -0.25) is 0 Å². The van der Waals surface area contributed by atoms with Crippen molar-refractivity contribution in [1.29, 1.82) is 0 Å². The average molecular weight is 205 g/mol. The third-order valence-corrected chi connectivity index (χ3v) is 2.52. The van der Waals surface area contributed by atoms with Gasteiger partial charge < -0.3 is 4.74 Å². The summed E-state index contributed by atoms with van der Waals surface area (Å²) in [6.45, 7) is 0. The number of halogens is 1. The van der Waals surface area contributed by atoms with Gasteiger partial charge in [0.1, 0.15) is 4.48 Å². The summed E-state index contributed by atoms with van der Waals surface area (Å²) in [5.74, 6) is -0.255. The molecule has 1 fully saturated rings. The van der Waals surface area contributed by atoms with Crippen molar-refractivity contribution < 1.29 is 9.53 Å². The zero-order chi connectivity index (χ0) is 7.56. The molecule has 0 aromatic carbocycles. The minimum absolute atomic E-state index is 0.255. The predicted molar refractivity (Wildman–Crippen MR) is 41.8 cm³/mol. The quantitative estimate of drug-likeness (QED) is 0.483. The molecule has 0 bridgehead atoms. The van der Waals surface area contributed by atoms with Crippen molar-refractivity contribution in [1.82, 2.24) is 0 Å². The number of carbonyl (C=O) groups is 1. The fraction of sp³-hybridized carbons (Fsp3) is 0.571. The Hall–Kier alpha value is -0.310. The highest BCUT2D eigenvalue weighted by Gasteiger charge is 2.17. The first-order chi connectivity index (χ1) is 4.75. The molecule has 0 aromatic rings. The van der Waals surface area contributed by atoms with Crippen molar-refractivity contribution in [2.45, 2.75) is 19.3 Å². The van der Waals surface area contributed by atoms with E-state index < -0.39 is 0 Å². The second-order valence-corrected chi connectivity index (χ2v) is 3.06. The van der Waals surface area contributed by atoms with E-state index in [1.165, 1.54) is 19.1 Å². The lowest BCUT2D eigenvalue weighted by Crippen LogP contribution is -2.07. The Bertz CT molecular complexity index is 178. The minimum Gasteiger partial charge on any atom is -0.465 e. The normalized spacial score (nSPS) is 16.0. The summed E-state index contributed by atoms with van der Waals surface area (Å²) < 4.78 is 5.15. The summed E-state index contributed by atoms with van der Waals surface area (Å²) in [6, 6.07) is 0. The van der Waals surface area contributed by atoms with E-state index in [0.717, 1.165) is 12.8 Å². The standard InChI is InChI=1S/C7H9BrO2/c1-10-7(9)6(8)5-3-2-4-5/h2-4H2,1H3. The van der Waals surface area contributed by atoms with E-state index in [2.05, 4.69) is 20.7 Å². The zero-order valence-corrected chi connectivity index (χ0v) is 7.40. The Morgan fingerprint density at radius 2 is 2.20 bits per heavy atom. The molecule has 0 amide bonds. The van der Waals surface area contributed by atoms with E-state index >= 15 is 0 Å². The lowest BCUT2D eigenvalue weighted by molar-refractivity contribution is -0.135. The molecule has 0 aromatic heterocycles. The smallest absolute Gasteiger partial charge is 0.344 e. The van der Waals surface area contributed by atoms with E-state index in [1.54, 1.807) is 0 Å². The number of esters is 1. The molecule has 1 aliphatic carbocycles. The maximum Gasteiger partial charge on any atom is 0.344 e. The van der Waals surface area contributed by atoms with E-state index in [9.17, 15) is 4.79 Å². The second kappa shape index (κ2) is 3.19. The van der Waals surface area contributed by atoms with Gasteiger partial charge in [-0.15, -0.1) is 0 Å². The van der Waals surface area contributed by atoms with Crippen molar-refractivity contribution in [3.8, 4) is 0 Å². The van der Waals surface area contributed by atoms with Gasteiger partial charge >= 0.3 is 5.97 Å². The molecule has 0 aliphatic heterocycles. The molecule has 0 radical (unpaired) electrons. The summed E-state index contributed by atoms with van der Waals surface area (Å²) >= 11 is 3.19. The Balaban J connectivity index is 2.61. The first kappa shape index (κ1) is 7.79. The summed E-state index contributed by atoms with van der Waals surface area (Å²) in [5.41, 5.74) is 1.19. The fourth-order valence-electron chi connectivity index (χ4n) is 0.807. The van der Waals surface area contributed by atoms with Crippen LogP contribution in [0.2, 0.25) is 0 Å². The molecule has 56 valence electrons. The SMILES string of the molecule is COC(=O)C(Br)=C1CCC1. The summed E-state index contributed by atoms with van der Waals surface area (Å²) in [7, 11) is 1.39. The van der Waals surface area contributed by atoms with Gasteiger partial charge in [-0.25, -0.2) is 4.79 Å². The van der Waals surface area contributed by atoms with Crippen LogP contribution in [0.4, 0.5) is 0 Å². The van der Waals surface area contributed by atoms with E-state index in [4.69, 9.17) is 0 Å². The van der Waals surface area contributed by atoms with Gasteiger partial charge in [-0.2, -0.15) is 0 Å². The topological polar surface area (TPSA) is 26.3 Å². The van der Waals surface area contributed by atoms with Gasteiger partial charge in [-0.05, 0) is 40.8 Å². The molecule has 1 rings (SSSR count). The molecule has 0 saturated heterocycles. The summed E-state index contributed by atoms with van der Waals surface area (Å²) in [5, 5.41) is 0. The summed E-state index contributed by atoms with van der Waals surface area (Å²) in [4.78, 5) is 10.8. The highest BCUT2D eigenvalue weighted by molar-refractivity contribution is 9.12. The second-order valence-electron chi connectivity index (χ2n) is 2.26. The van der Waals surface area contributed by atoms with Crippen LogP contribution in [0.3, 0.4) is 0 Å². The molecule has 1 aliphatic rings. The number of rotatable bonds is 1. The third-order valence-electron chi connectivity index (χ3n) is 1.63. The lowest BCUT2D eigenvalue weighted by Gasteiger charge is -2.17. The van der Waals surface area contributed by atoms with Crippen LogP contribution < -0.4 is 0 Å². The zero-order valence-electron chi connectivity index (χ0n) is 5.82. The van der Waals surface area contributed by atoms with Gasteiger partial charge in [0.15, 0.2) is 0 Å². The molecule has 2 nitrogen and oxygen atoms in total. The number of methoxy groups -OCH3 is 1. The maximum absolute atomic E-state index is 10.8. The van der Waals surface area contributed by atoms with Gasteiger partial charge in [0, 0.05) is 0 Å². The van der Waals surface area contributed by atoms with Crippen molar-refractivity contribution in [2.24, 2.45) is 0 Å². The van der Waals surface area contributed by atoms with Crippen molar-refractivity contribution in [3.05, 3.63) is 10.1 Å². The van der Waals surface area contributed by atoms with Gasteiger partial charge in [0.2, 0.25) is 0 Å². The van der Waals surface area contributed by atoms with Crippen molar-refractivity contribution >= 4 is 21.9 Å². The summed E-state index contributed by atoms with van der Waals surface area (Å²) in [6.07, 6.45) is 3.27. The Morgan fingerprint density at radius 1 is 1.60 bits per heavy atom. The first-order valence-corrected chi connectivity index (χ1v) is 4.01. The molecule has 0 unspecified atom stereocenters. The van der Waals surface area contributed by atoms with E-state index in [1.807, 2.05) is 0 Å².